The lowest BCUT2D eigenvalue weighted by Gasteiger charge is -2.25. The van der Waals surface area contributed by atoms with E-state index in [4.69, 9.17) is 4.74 Å². The van der Waals surface area contributed by atoms with Gasteiger partial charge in [-0.15, -0.1) is 0 Å². The summed E-state index contributed by atoms with van der Waals surface area (Å²) in [5, 5.41) is 3.48. The molecule has 0 fully saturated rings. The highest BCUT2D eigenvalue weighted by molar-refractivity contribution is 9.10. The van der Waals surface area contributed by atoms with Gasteiger partial charge in [-0.2, -0.15) is 0 Å². The third kappa shape index (κ3) is 6.41. The van der Waals surface area contributed by atoms with E-state index in [1.165, 1.54) is 0 Å². The standard InChI is InChI=1S/C15H24BrNO/c1-12(2)9-17-10-15(3,4)11-18-14-7-5-13(16)6-8-14/h5-8,12,17H,9-11H2,1-4H3. The van der Waals surface area contributed by atoms with Gasteiger partial charge in [-0.1, -0.05) is 43.6 Å². The highest BCUT2D eigenvalue weighted by atomic mass is 79.9. The Morgan fingerprint density at radius 3 is 2.39 bits per heavy atom. The second-order valence-corrected chi connectivity index (χ2v) is 6.85. The van der Waals surface area contributed by atoms with Gasteiger partial charge in [-0.3, -0.25) is 0 Å². The summed E-state index contributed by atoms with van der Waals surface area (Å²) in [6.45, 7) is 11.6. The fourth-order valence-corrected chi connectivity index (χ4v) is 1.82. The lowest BCUT2D eigenvalue weighted by Crippen LogP contribution is -2.35. The van der Waals surface area contributed by atoms with Gasteiger partial charge in [0.15, 0.2) is 0 Å². The zero-order valence-electron chi connectivity index (χ0n) is 11.8. The van der Waals surface area contributed by atoms with Crippen LogP contribution in [0.1, 0.15) is 27.7 Å². The Morgan fingerprint density at radius 2 is 1.83 bits per heavy atom. The van der Waals surface area contributed by atoms with Gasteiger partial charge in [0.2, 0.25) is 0 Å². The van der Waals surface area contributed by atoms with Crippen LogP contribution in [0, 0.1) is 11.3 Å². The van der Waals surface area contributed by atoms with Gasteiger partial charge in [-0.05, 0) is 36.7 Å². The van der Waals surface area contributed by atoms with E-state index in [1.54, 1.807) is 0 Å². The molecule has 1 aromatic carbocycles. The van der Waals surface area contributed by atoms with Crippen LogP contribution in [0.3, 0.4) is 0 Å². The van der Waals surface area contributed by atoms with Crippen LogP contribution in [0.25, 0.3) is 0 Å². The molecule has 0 aliphatic heterocycles. The molecule has 0 aliphatic carbocycles. The van der Waals surface area contributed by atoms with Crippen molar-refractivity contribution in [3.05, 3.63) is 28.7 Å². The molecule has 0 aromatic heterocycles. The van der Waals surface area contributed by atoms with E-state index in [-0.39, 0.29) is 5.41 Å². The maximum atomic E-state index is 5.82. The number of hydrogen-bond acceptors (Lipinski definition) is 2. The largest absolute Gasteiger partial charge is 0.493 e. The molecule has 1 rings (SSSR count). The monoisotopic (exact) mass is 313 g/mol. The van der Waals surface area contributed by atoms with E-state index in [0.717, 1.165) is 29.9 Å². The van der Waals surface area contributed by atoms with Crippen molar-refractivity contribution < 1.29 is 4.74 Å². The quantitative estimate of drug-likeness (QED) is 0.818. The minimum absolute atomic E-state index is 0.141. The number of rotatable bonds is 7. The lowest BCUT2D eigenvalue weighted by atomic mass is 9.94. The van der Waals surface area contributed by atoms with Crippen LogP contribution in [0.2, 0.25) is 0 Å². The zero-order valence-corrected chi connectivity index (χ0v) is 13.4. The fourth-order valence-electron chi connectivity index (χ4n) is 1.56. The first-order valence-electron chi connectivity index (χ1n) is 6.48. The Labute approximate surface area is 119 Å². The smallest absolute Gasteiger partial charge is 0.119 e. The summed E-state index contributed by atoms with van der Waals surface area (Å²) in [4.78, 5) is 0. The molecule has 3 heteroatoms. The third-order valence-electron chi connectivity index (χ3n) is 2.60. The van der Waals surface area contributed by atoms with E-state index in [2.05, 4.69) is 48.9 Å². The van der Waals surface area contributed by atoms with Crippen LogP contribution in [-0.2, 0) is 0 Å². The topological polar surface area (TPSA) is 21.3 Å². The molecule has 0 atom stereocenters. The molecule has 0 radical (unpaired) electrons. The molecule has 0 bridgehead atoms. The number of ether oxygens (including phenoxy) is 1. The number of benzene rings is 1. The van der Waals surface area contributed by atoms with Crippen molar-refractivity contribution in [1.29, 1.82) is 0 Å². The van der Waals surface area contributed by atoms with Gasteiger partial charge in [0.05, 0.1) is 6.61 Å². The van der Waals surface area contributed by atoms with Gasteiger partial charge < -0.3 is 10.1 Å². The zero-order chi connectivity index (χ0) is 13.6. The van der Waals surface area contributed by atoms with Crippen molar-refractivity contribution in [2.75, 3.05) is 19.7 Å². The van der Waals surface area contributed by atoms with E-state index < -0.39 is 0 Å². The fraction of sp³-hybridized carbons (Fsp3) is 0.600. The van der Waals surface area contributed by atoms with Crippen LogP contribution in [-0.4, -0.2) is 19.7 Å². The number of halogens is 1. The van der Waals surface area contributed by atoms with Crippen molar-refractivity contribution in [1.82, 2.24) is 5.32 Å². The molecular weight excluding hydrogens is 290 g/mol. The molecule has 1 aromatic rings. The maximum Gasteiger partial charge on any atom is 0.119 e. The van der Waals surface area contributed by atoms with Crippen molar-refractivity contribution in [2.45, 2.75) is 27.7 Å². The normalized spacial score (nSPS) is 11.9. The summed E-state index contributed by atoms with van der Waals surface area (Å²) in [6, 6.07) is 7.97. The van der Waals surface area contributed by atoms with Crippen LogP contribution < -0.4 is 10.1 Å². The van der Waals surface area contributed by atoms with Gasteiger partial charge in [0, 0.05) is 16.4 Å². The molecule has 2 nitrogen and oxygen atoms in total. The van der Waals surface area contributed by atoms with Gasteiger partial charge in [0.25, 0.3) is 0 Å². The molecule has 0 unspecified atom stereocenters. The average molecular weight is 314 g/mol. The molecule has 0 heterocycles. The van der Waals surface area contributed by atoms with E-state index in [9.17, 15) is 0 Å². The molecule has 18 heavy (non-hydrogen) atoms. The molecule has 0 aliphatic rings. The molecule has 0 saturated heterocycles. The van der Waals surface area contributed by atoms with Crippen LogP contribution in [0.5, 0.6) is 5.75 Å². The predicted octanol–water partition coefficient (Wildman–Crippen LogP) is 4.10. The molecule has 1 N–H and O–H groups in total. The summed E-state index contributed by atoms with van der Waals surface area (Å²) < 4.78 is 6.90. The first-order valence-corrected chi connectivity index (χ1v) is 7.27. The molecular formula is C15H24BrNO. The molecule has 102 valence electrons. The summed E-state index contributed by atoms with van der Waals surface area (Å²) in [6.07, 6.45) is 0. The SMILES string of the molecule is CC(C)CNCC(C)(C)COc1ccc(Br)cc1. The molecule has 0 amide bonds. The average Bonchev–Trinajstić information content (AvgIpc) is 2.27. The van der Waals surface area contributed by atoms with Gasteiger partial charge >= 0.3 is 0 Å². The second kappa shape index (κ2) is 7.15. The summed E-state index contributed by atoms with van der Waals surface area (Å²) in [5.74, 6) is 1.61. The first kappa shape index (κ1) is 15.5. The van der Waals surface area contributed by atoms with Crippen molar-refractivity contribution in [3.8, 4) is 5.75 Å². The third-order valence-corrected chi connectivity index (χ3v) is 3.13. The Kier molecular flexibility index (Phi) is 6.16. The number of hydrogen-bond donors (Lipinski definition) is 1. The van der Waals surface area contributed by atoms with Crippen LogP contribution >= 0.6 is 15.9 Å². The highest BCUT2D eigenvalue weighted by Crippen LogP contribution is 2.20. The Morgan fingerprint density at radius 1 is 1.22 bits per heavy atom. The Bertz CT molecular complexity index is 346. The first-order chi connectivity index (χ1) is 8.39. The van der Waals surface area contributed by atoms with Gasteiger partial charge in [0.1, 0.15) is 5.75 Å². The second-order valence-electron chi connectivity index (χ2n) is 5.93. The number of nitrogens with one attached hydrogen (secondary N) is 1. The Hall–Kier alpha value is -0.540. The van der Waals surface area contributed by atoms with Crippen LogP contribution in [0.15, 0.2) is 28.7 Å². The summed E-state index contributed by atoms with van der Waals surface area (Å²) in [5.41, 5.74) is 0.141. The van der Waals surface area contributed by atoms with E-state index in [0.29, 0.717) is 5.92 Å². The van der Waals surface area contributed by atoms with Crippen LogP contribution in [0.4, 0.5) is 0 Å². The minimum atomic E-state index is 0.141. The highest BCUT2D eigenvalue weighted by Gasteiger charge is 2.18. The van der Waals surface area contributed by atoms with Crippen molar-refractivity contribution in [3.63, 3.8) is 0 Å². The Balaban J connectivity index is 2.34. The molecule has 0 spiro atoms. The van der Waals surface area contributed by atoms with E-state index >= 15 is 0 Å². The predicted molar refractivity (Wildman–Crippen MR) is 81.1 cm³/mol. The maximum absolute atomic E-state index is 5.82. The summed E-state index contributed by atoms with van der Waals surface area (Å²) >= 11 is 3.42. The van der Waals surface area contributed by atoms with Crippen molar-refractivity contribution in [2.24, 2.45) is 11.3 Å². The minimum Gasteiger partial charge on any atom is -0.493 e. The van der Waals surface area contributed by atoms with Crippen molar-refractivity contribution >= 4 is 15.9 Å². The summed E-state index contributed by atoms with van der Waals surface area (Å²) in [7, 11) is 0. The van der Waals surface area contributed by atoms with Gasteiger partial charge in [-0.25, -0.2) is 0 Å². The molecule has 0 saturated carbocycles. The lowest BCUT2D eigenvalue weighted by molar-refractivity contribution is 0.175. The van der Waals surface area contributed by atoms with E-state index in [1.807, 2.05) is 24.3 Å².